The van der Waals surface area contributed by atoms with E-state index in [-0.39, 0.29) is 17.3 Å². The number of anilines is 1. The number of rotatable bonds is 6. The maximum absolute atomic E-state index is 12.6. The van der Waals surface area contributed by atoms with Gasteiger partial charge in [-0.05, 0) is 49.1 Å². The Morgan fingerprint density at radius 1 is 1.44 bits per heavy atom. The Morgan fingerprint density at radius 2 is 2.30 bits per heavy atom. The minimum absolute atomic E-state index is 0.0641. The van der Waals surface area contributed by atoms with Gasteiger partial charge >= 0.3 is 0 Å². The van der Waals surface area contributed by atoms with Crippen molar-refractivity contribution in [2.24, 2.45) is 22.9 Å². The zero-order valence-electron chi connectivity index (χ0n) is 15.1. The number of amides is 1. The molecule has 4 rings (SSSR count). The van der Waals surface area contributed by atoms with Crippen LogP contribution in [0.25, 0.3) is 5.82 Å². The molecule has 11 nitrogen and oxygen atoms in total. The molecule has 1 amide bonds. The summed E-state index contributed by atoms with van der Waals surface area (Å²) < 4.78 is 5.97. The van der Waals surface area contributed by atoms with Gasteiger partial charge in [-0.2, -0.15) is 9.78 Å². The van der Waals surface area contributed by atoms with Crippen LogP contribution < -0.4 is 11.2 Å². The molecule has 142 valence electrons. The fourth-order valence-corrected chi connectivity index (χ4v) is 3.67. The summed E-state index contributed by atoms with van der Waals surface area (Å²) in [5, 5.41) is 19.4. The van der Waals surface area contributed by atoms with E-state index in [2.05, 4.69) is 47.9 Å². The van der Waals surface area contributed by atoms with Crippen molar-refractivity contribution in [3.8, 4) is 5.82 Å². The van der Waals surface area contributed by atoms with Crippen LogP contribution in [0.5, 0.6) is 0 Å². The molecule has 1 saturated carbocycles. The minimum Gasteiger partial charge on any atom is -0.378 e. The van der Waals surface area contributed by atoms with E-state index in [4.69, 9.17) is 5.73 Å². The van der Waals surface area contributed by atoms with Gasteiger partial charge in [0.2, 0.25) is 11.6 Å². The zero-order valence-corrected chi connectivity index (χ0v) is 15.1. The number of carbonyl (C=O) groups is 1. The molecular weight excluding hydrogens is 350 g/mol. The molecule has 2 aromatic heterocycles. The van der Waals surface area contributed by atoms with Crippen LogP contribution in [0.4, 0.5) is 5.82 Å². The second kappa shape index (κ2) is 6.91. The molecule has 2 aliphatic rings. The van der Waals surface area contributed by atoms with Gasteiger partial charge < -0.3 is 10.6 Å². The fraction of sp³-hybridized carbons (Fsp3) is 0.500. The second-order valence-electron chi connectivity index (χ2n) is 7.17. The van der Waals surface area contributed by atoms with Gasteiger partial charge in [0.25, 0.3) is 5.91 Å². The lowest BCUT2D eigenvalue weighted by atomic mass is 9.95. The summed E-state index contributed by atoms with van der Waals surface area (Å²) in [5.74, 6) is 1.37. The van der Waals surface area contributed by atoms with Crippen molar-refractivity contribution in [1.29, 1.82) is 0 Å². The highest BCUT2D eigenvalue weighted by atomic mass is 16.6. The number of nitrogen functional groups attached to an aromatic ring is 1. The van der Waals surface area contributed by atoms with Gasteiger partial charge in [0.15, 0.2) is 5.69 Å². The van der Waals surface area contributed by atoms with Crippen molar-refractivity contribution in [3.63, 3.8) is 0 Å². The van der Waals surface area contributed by atoms with Gasteiger partial charge in [-0.3, -0.25) is 4.79 Å². The lowest BCUT2D eigenvalue weighted by molar-refractivity contribution is 0.0948. The molecule has 27 heavy (non-hydrogen) atoms. The molecule has 0 unspecified atom stereocenters. The predicted octanol–water partition coefficient (Wildman–Crippen LogP) is 0.222. The first-order chi connectivity index (χ1) is 13.0. The number of nitrogens with two attached hydrogens (primary N) is 1. The van der Waals surface area contributed by atoms with Crippen LogP contribution in [0.3, 0.4) is 0 Å². The van der Waals surface area contributed by atoms with Gasteiger partial charge in [-0.1, -0.05) is 17.4 Å². The molecule has 2 aliphatic carbocycles. The Hall–Kier alpha value is -3.08. The Balaban J connectivity index is 1.52. The van der Waals surface area contributed by atoms with E-state index in [0.29, 0.717) is 30.0 Å². The topological polar surface area (TPSA) is 140 Å². The first-order valence-corrected chi connectivity index (χ1v) is 8.72. The minimum atomic E-state index is -0.442. The normalized spacial score (nSPS) is 23.7. The molecule has 1 fully saturated rings. The first-order valence-electron chi connectivity index (χ1n) is 8.72. The second-order valence-corrected chi connectivity index (χ2v) is 7.17. The maximum Gasteiger partial charge on any atom is 0.293 e. The van der Waals surface area contributed by atoms with Crippen LogP contribution in [0, 0.1) is 17.8 Å². The number of allylic oxidation sites excluding steroid dienone is 2. The molecule has 2 heterocycles. The van der Waals surface area contributed by atoms with Gasteiger partial charge in [-0.15, -0.1) is 5.10 Å². The number of nitrogens with zero attached hydrogens (tertiary/aromatic N) is 7. The third-order valence-electron chi connectivity index (χ3n) is 4.90. The van der Waals surface area contributed by atoms with Crippen LogP contribution in [-0.2, 0) is 6.54 Å². The molecule has 0 spiro atoms. The Bertz CT molecular complexity index is 898. The third-order valence-corrected chi connectivity index (χ3v) is 4.90. The van der Waals surface area contributed by atoms with Crippen LogP contribution >= 0.6 is 0 Å². The first kappa shape index (κ1) is 17.3. The van der Waals surface area contributed by atoms with Crippen molar-refractivity contribution < 1.29 is 9.42 Å². The average molecular weight is 371 g/mol. The highest BCUT2D eigenvalue weighted by Gasteiger charge is 2.34. The number of aromatic nitrogens is 5. The van der Waals surface area contributed by atoms with Crippen LogP contribution in [0.1, 0.15) is 29.0 Å². The molecule has 0 aliphatic heterocycles. The highest BCUT2D eigenvalue weighted by molar-refractivity contribution is 5.93. The van der Waals surface area contributed by atoms with Gasteiger partial charge in [0.05, 0.1) is 5.69 Å². The summed E-state index contributed by atoms with van der Waals surface area (Å²) in [4.78, 5) is 14.5. The summed E-state index contributed by atoms with van der Waals surface area (Å²) in [6.07, 6.45) is 8.59. The quantitative estimate of drug-likeness (QED) is 0.417. The van der Waals surface area contributed by atoms with Crippen molar-refractivity contribution in [2.45, 2.75) is 19.4 Å². The molecule has 3 N–H and O–H groups in total. The van der Waals surface area contributed by atoms with Crippen LogP contribution in [-0.4, -0.2) is 56.4 Å². The van der Waals surface area contributed by atoms with E-state index in [1.807, 2.05) is 25.2 Å². The average Bonchev–Trinajstić information content (AvgIpc) is 3.38. The summed E-state index contributed by atoms with van der Waals surface area (Å²) in [7, 11) is 3.73. The van der Waals surface area contributed by atoms with Crippen LogP contribution in [0.2, 0.25) is 0 Å². The standard InChI is InChI=1S/C16H21N9O2/c1-24(2)8-12-13(19-23-25(12)15-14(17)21-27-22-15)16(26)20-18-7-11-6-9-3-4-10(11)5-9/h3-4,7,9-11H,5-6,8H2,1-2H3,(H2,17,21)(H,20,26)/b18-7-/t9-,10+,11+/m0/s1. The smallest absolute Gasteiger partial charge is 0.293 e. The fourth-order valence-electron chi connectivity index (χ4n) is 3.67. The Morgan fingerprint density at radius 3 is 2.93 bits per heavy atom. The molecule has 11 heteroatoms. The Labute approximate surface area is 155 Å². The van der Waals surface area contributed by atoms with E-state index in [9.17, 15) is 4.79 Å². The van der Waals surface area contributed by atoms with Crippen molar-refractivity contribution in [3.05, 3.63) is 23.5 Å². The predicted molar refractivity (Wildman–Crippen MR) is 95.8 cm³/mol. The molecular formula is C16H21N9O2. The van der Waals surface area contributed by atoms with E-state index in [1.54, 1.807) is 0 Å². The molecule has 2 bridgehead atoms. The monoisotopic (exact) mass is 371 g/mol. The molecule has 0 radical (unpaired) electrons. The molecule has 0 saturated heterocycles. The lowest BCUT2D eigenvalue weighted by Gasteiger charge is -2.12. The summed E-state index contributed by atoms with van der Waals surface area (Å²) in [6, 6.07) is 0. The van der Waals surface area contributed by atoms with E-state index in [1.165, 1.54) is 11.1 Å². The van der Waals surface area contributed by atoms with Gasteiger partial charge in [0.1, 0.15) is 0 Å². The SMILES string of the molecule is CN(C)Cc1c(C(=O)N/N=C\[C@H]2C[C@H]3C=C[C@@H]2C3)nnn1-c1nonc1N. The maximum atomic E-state index is 12.6. The molecule has 0 aromatic carbocycles. The number of carbonyl (C=O) groups excluding carboxylic acids is 1. The van der Waals surface area contributed by atoms with Crippen molar-refractivity contribution >= 4 is 17.9 Å². The van der Waals surface area contributed by atoms with E-state index >= 15 is 0 Å². The number of hydrazone groups is 1. The van der Waals surface area contributed by atoms with Crippen molar-refractivity contribution in [1.82, 2.24) is 35.6 Å². The summed E-state index contributed by atoms with van der Waals surface area (Å²) >= 11 is 0. The van der Waals surface area contributed by atoms with Crippen LogP contribution in [0.15, 0.2) is 21.9 Å². The lowest BCUT2D eigenvalue weighted by Crippen LogP contribution is -2.24. The van der Waals surface area contributed by atoms with Gasteiger partial charge in [-0.25, -0.2) is 10.1 Å². The Kier molecular flexibility index (Phi) is 4.44. The number of nitrogens with one attached hydrogen (secondary N) is 1. The van der Waals surface area contributed by atoms with E-state index in [0.717, 1.165) is 6.42 Å². The van der Waals surface area contributed by atoms with E-state index < -0.39 is 5.91 Å². The molecule has 3 atom stereocenters. The number of fused-ring (bicyclic) bond motifs is 2. The summed E-state index contributed by atoms with van der Waals surface area (Å²) in [6.45, 7) is 0.392. The third kappa shape index (κ3) is 3.33. The zero-order chi connectivity index (χ0) is 19.0. The molecule has 2 aromatic rings. The number of hydrogen-bond donors (Lipinski definition) is 2. The largest absolute Gasteiger partial charge is 0.378 e. The van der Waals surface area contributed by atoms with Crippen molar-refractivity contribution in [2.75, 3.05) is 19.8 Å². The van der Waals surface area contributed by atoms with Gasteiger partial charge in [0, 0.05) is 18.7 Å². The highest BCUT2D eigenvalue weighted by Crippen LogP contribution is 2.42. The summed E-state index contributed by atoms with van der Waals surface area (Å²) in [5.41, 5.74) is 8.95. The number of hydrogen-bond acceptors (Lipinski definition) is 9.